The van der Waals surface area contributed by atoms with Crippen molar-refractivity contribution >= 4 is 23.1 Å². The van der Waals surface area contributed by atoms with E-state index in [1.54, 1.807) is 5.01 Å². The van der Waals surface area contributed by atoms with Gasteiger partial charge in [0.15, 0.2) is 0 Å². The quantitative estimate of drug-likeness (QED) is 0.554. The standard InChI is InChI=1S/C12H14N4O5/c1-13-9-4-7(16(20)21)2-3-8(9)14-5-10(17)11(18)6-15(14)12(13)19/h2-4,10-11,17-18H,5-6H2,1H3. The summed E-state index contributed by atoms with van der Waals surface area (Å²) < 4.78 is 0. The largest absolute Gasteiger partial charge is 0.388 e. The molecule has 112 valence electrons. The number of urea groups is 1. The highest BCUT2D eigenvalue weighted by Gasteiger charge is 2.41. The van der Waals surface area contributed by atoms with Crippen LogP contribution in [0, 0.1) is 10.1 Å². The third kappa shape index (κ3) is 1.98. The smallest absolute Gasteiger partial charge is 0.343 e. The molecule has 2 N–H and O–H groups in total. The number of aliphatic hydroxyl groups is 2. The summed E-state index contributed by atoms with van der Waals surface area (Å²) in [6, 6.07) is 3.79. The van der Waals surface area contributed by atoms with Gasteiger partial charge in [-0.25, -0.2) is 9.80 Å². The van der Waals surface area contributed by atoms with E-state index in [0.29, 0.717) is 11.4 Å². The molecule has 21 heavy (non-hydrogen) atoms. The normalized spacial score (nSPS) is 24.7. The van der Waals surface area contributed by atoms with Crippen molar-refractivity contribution in [1.29, 1.82) is 0 Å². The maximum Gasteiger partial charge on any atom is 0.343 e. The average Bonchev–Trinajstić information content (AvgIpc) is 2.46. The predicted molar refractivity (Wildman–Crippen MR) is 73.0 cm³/mol. The number of rotatable bonds is 1. The Bertz CT molecular complexity index is 622. The Morgan fingerprint density at radius 3 is 2.43 bits per heavy atom. The van der Waals surface area contributed by atoms with E-state index in [4.69, 9.17) is 0 Å². The van der Waals surface area contributed by atoms with Crippen LogP contribution in [-0.4, -0.2) is 58.5 Å². The molecule has 2 heterocycles. The topological polar surface area (TPSA) is 110 Å². The molecule has 2 aliphatic heterocycles. The molecular formula is C12H14N4O5. The molecule has 9 nitrogen and oxygen atoms in total. The molecule has 1 aromatic rings. The molecule has 3 rings (SSSR count). The van der Waals surface area contributed by atoms with E-state index in [1.807, 2.05) is 0 Å². The van der Waals surface area contributed by atoms with Crippen LogP contribution in [0.4, 0.5) is 21.9 Å². The van der Waals surface area contributed by atoms with Crippen LogP contribution in [0.5, 0.6) is 0 Å². The van der Waals surface area contributed by atoms with Gasteiger partial charge >= 0.3 is 6.03 Å². The van der Waals surface area contributed by atoms with Crippen molar-refractivity contribution in [3.05, 3.63) is 28.3 Å². The molecule has 1 saturated heterocycles. The average molecular weight is 294 g/mol. The molecule has 0 bridgehead atoms. The number of amides is 2. The first-order valence-electron chi connectivity index (χ1n) is 6.37. The third-order valence-corrected chi connectivity index (χ3v) is 3.77. The minimum atomic E-state index is -1.02. The number of hydrogen-bond acceptors (Lipinski definition) is 6. The van der Waals surface area contributed by atoms with Gasteiger partial charge in [-0.3, -0.25) is 20.0 Å². The van der Waals surface area contributed by atoms with Crippen LogP contribution < -0.4 is 9.91 Å². The highest BCUT2D eigenvalue weighted by atomic mass is 16.6. The molecule has 0 aliphatic carbocycles. The fourth-order valence-corrected chi connectivity index (χ4v) is 2.59. The van der Waals surface area contributed by atoms with E-state index in [0.717, 1.165) is 0 Å². The van der Waals surface area contributed by atoms with Gasteiger partial charge in [-0.05, 0) is 6.07 Å². The lowest BCUT2D eigenvalue weighted by atomic mass is 10.1. The Kier molecular flexibility index (Phi) is 2.96. The van der Waals surface area contributed by atoms with Crippen molar-refractivity contribution < 1.29 is 19.9 Å². The summed E-state index contributed by atoms with van der Waals surface area (Å²) in [6.07, 6.45) is -2.00. The summed E-state index contributed by atoms with van der Waals surface area (Å²) in [7, 11) is 1.51. The van der Waals surface area contributed by atoms with Crippen molar-refractivity contribution in [2.24, 2.45) is 0 Å². The van der Waals surface area contributed by atoms with Crippen molar-refractivity contribution in [1.82, 2.24) is 5.01 Å². The van der Waals surface area contributed by atoms with Gasteiger partial charge in [0.05, 0.1) is 29.4 Å². The second-order valence-corrected chi connectivity index (χ2v) is 5.07. The molecule has 1 aromatic carbocycles. The maximum atomic E-state index is 12.3. The number of benzene rings is 1. The lowest BCUT2D eigenvalue weighted by Gasteiger charge is -2.49. The zero-order valence-corrected chi connectivity index (χ0v) is 11.2. The lowest BCUT2D eigenvalue weighted by Crippen LogP contribution is -2.65. The zero-order valence-electron chi connectivity index (χ0n) is 11.2. The van der Waals surface area contributed by atoms with E-state index in [9.17, 15) is 25.1 Å². The number of nitro groups is 1. The molecule has 2 atom stereocenters. The van der Waals surface area contributed by atoms with Gasteiger partial charge in [0.25, 0.3) is 5.69 Å². The Hall–Kier alpha value is -2.39. The van der Waals surface area contributed by atoms with Crippen molar-refractivity contribution in [2.45, 2.75) is 12.2 Å². The van der Waals surface area contributed by atoms with E-state index in [-0.39, 0.29) is 18.8 Å². The highest BCUT2D eigenvalue weighted by Crippen LogP contribution is 2.39. The molecule has 9 heteroatoms. The fraction of sp³-hybridized carbons (Fsp3) is 0.417. The van der Waals surface area contributed by atoms with Gasteiger partial charge < -0.3 is 10.2 Å². The lowest BCUT2D eigenvalue weighted by molar-refractivity contribution is -0.384. The van der Waals surface area contributed by atoms with Crippen LogP contribution in [-0.2, 0) is 0 Å². The number of nitrogens with zero attached hydrogens (tertiary/aromatic N) is 4. The highest BCUT2D eigenvalue weighted by molar-refractivity contribution is 6.00. The van der Waals surface area contributed by atoms with Crippen molar-refractivity contribution in [2.75, 3.05) is 30.0 Å². The maximum absolute atomic E-state index is 12.3. The number of carbonyl (C=O) groups is 1. The van der Waals surface area contributed by atoms with Gasteiger partial charge in [0, 0.05) is 19.2 Å². The molecule has 0 aromatic heterocycles. The zero-order chi connectivity index (χ0) is 15.3. The second kappa shape index (κ2) is 4.57. The Morgan fingerprint density at radius 2 is 1.81 bits per heavy atom. The van der Waals surface area contributed by atoms with Crippen molar-refractivity contribution in [3.63, 3.8) is 0 Å². The summed E-state index contributed by atoms with van der Waals surface area (Å²) in [5.41, 5.74) is 0.863. The molecule has 2 unspecified atom stereocenters. The molecule has 0 spiro atoms. The number of carbonyl (C=O) groups excluding carboxylic acids is 1. The molecule has 2 amide bonds. The molecule has 0 saturated carbocycles. The third-order valence-electron chi connectivity index (χ3n) is 3.77. The van der Waals surface area contributed by atoms with E-state index < -0.39 is 23.2 Å². The number of non-ortho nitro benzene ring substituents is 1. The fourth-order valence-electron chi connectivity index (χ4n) is 2.59. The van der Waals surface area contributed by atoms with Crippen LogP contribution in [0.1, 0.15) is 0 Å². The minimum absolute atomic E-state index is 0.0270. The van der Waals surface area contributed by atoms with Crippen LogP contribution in [0.2, 0.25) is 0 Å². The first kappa shape index (κ1) is 13.6. The van der Waals surface area contributed by atoms with Crippen LogP contribution >= 0.6 is 0 Å². The first-order valence-corrected chi connectivity index (χ1v) is 6.37. The number of anilines is 2. The molecule has 1 fully saturated rings. The van der Waals surface area contributed by atoms with E-state index in [2.05, 4.69) is 0 Å². The van der Waals surface area contributed by atoms with E-state index in [1.165, 1.54) is 35.2 Å². The summed E-state index contributed by atoms with van der Waals surface area (Å²) >= 11 is 0. The van der Waals surface area contributed by atoms with Crippen LogP contribution in [0.25, 0.3) is 0 Å². The number of nitro benzene ring substituents is 1. The molecule has 0 radical (unpaired) electrons. The van der Waals surface area contributed by atoms with Gasteiger partial charge in [0.2, 0.25) is 0 Å². The second-order valence-electron chi connectivity index (χ2n) is 5.07. The monoisotopic (exact) mass is 294 g/mol. The summed E-state index contributed by atoms with van der Waals surface area (Å²) in [4.78, 5) is 23.9. The van der Waals surface area contributed by atoms with Crippen LogP contribution in [0.3, 0.4) is 0 Å². The minimum Gasteiger partial charge on any atom is -0.388 e. The Labute approximate surface area is 119 Å². The Morgan fingerprint density at radius 1 is 1.19 bits per heavy atom. The van der Waals surface area contributed by atoms with Crippen LogP contribution in [0.15, 0.2) is 18.2 Å². The van der Waals surface area contributed by atoms with Gasteiger partial charge in [-0.15, -0.1) is 0 Å². The number of hydrogen-bond donors (Lipinski definition) is 2. The Balaban J connectivity index is 2.08. The molecule has 2 aliphatic rings. The van der Waals surface area contributed by atoms with Gasteiger partial charge in [-0.1, -0.05) is 0 Å². The summed E-state index contributed by atoms with van der Waals surface area (Å²) in [5, 5.41) is 33.2. The summed E-state index contributed by atoms with van der Waals surface area (Å²) in [5.74, 6) is 0. The van der Waals surface area contributed by atoms with Crippen molar-refractivity contribution in [3.8, 4) is 0 Å². The SMILES string of the molecule is CN1C(=O)N2CC(O)C(O)CN2c2ccc([N+](=O)[O-])cc21. The van der Waals surface area contributed by atoms with E-state index >= 15 is 0 Å². The molecular weight excluding hydrogens is 280 g/mol. The number of aliphatic hydroxyl groups excluding tert-OH is 2. The summed E-state index contributed by atoms with van der Waals surface area (Å²) in [6.45, 7) is 0.0202. The first-order chi connectivity index (χ1) is 9.90. The number of fused-ring (bicyclic) bond motifs is 3. The number of hydrazine groups is 1. The predicted octanol–water partition coefficient (Wildman–Crippen LogP) is -0.0766. The van der Waals surface area contributed by atoms with Gasteiger partial charge in [-0.2, -0.15) is 0 Å². The van der Waals surface area contributed by atoms with Gasteiger partial charge in [0.1, 0.15) is 12.2 Å².